The van der Waals surface area contributed by atoms with Crippen molar-refractivity contribution in [1.29, 1.82) is 0 Å². The van der Waals surface area contributed by atoms with Gasteiger partial charge >= 0.3 is 0 Å². The van der Waals surface area contributed by atoms with E-state index >= 15 is 0 Å². The van der Waals surface area contributed by atoms with Crippen LogP contribution in [0.25, 0.3) is 0 Å². The molecule has 0 aliphatic carbocycles. The average molecular weight is 414 g/mol. The van der Waals surface area contributed by atoms with E-state index in [9.17, 15) is 9.59 Å². The average Bonchev–Trinajstić information content (AvgIpc) is 2.55. The van der Waals surface area contributed by atoms with Crippen molar-refractivity contribution in [2.45, 2.75) is 33.2 Å². The lowest BCUT2D eigenvalue weighted by Crippen LogP contribution is -2.56. The number of carbonyl (C=O) groups is 2. The van der Waals surface area contributed by atoms with E-state index in [1.807, 2.05) is 20.8 Å². The Morgan fingerprint density at radius 1 is 0.962 bits per heavy atom. The van der Waals surface area contributed by atoms with Gasteiger partial charge in [-0.2, -0.15) is 0 Å². The molecule has 0 saturated heterocycles. The zero-order valence-electron chi connectivity index (χ0n) is 14.9. The van der Waals surface area contributed by atoms with Crippen LogP contribution in [0.5, 0.6) is 0 Å². The molecule has 0 heterocycles. The number of benzene rings is 2. The fourth-order valence-corrected chi connectivity index (χ4v) is 2.77. The van der Waals surface area contributed by atoms with Crippen molar-refractivity contribution in [2.24, 2.45) is 0 Å². The van der Waals surface area contributed by atoms with Crippen molar-refractivity contribution in [1.82, 2.24) is 10.4 Å². The van der Waals surface area contributed by atoms with Gasteiger partial charge < -0.3 is 0 Å². The van der Waals surface area contributed by atoms with Crippen LogP contribution in [0.4, 0.5) is 0 Å². The third-order valence-electron chi connectivity index (χ3n) is 3.77. The summed E-state index contributed by atoms with van der Waals surface area (Å²) >= 11 is 18.0. The highest BCUT2D eigenvalue weighted by Crippen LogP contribution is 2.25. The molecule has 0 spiro atoms. The van der Waals surface area contributed by atoms with E-state index in [1.54, 1.807) is 37.3 Å². The molecule has 0 bridgehead atoms. The zero-order chi connectivity index (χ0) is 19.6. The second kappa shape index (κ2) is 7.87. The molecule has 1 N–H and O–H groups in total. The van der Waals surface area contributed by atoms with Crippen LogP contribution in [-0.4, -0.2) is 22.4 Å². The van der Waals surface area contributed by atoms with Crippen molar-refractivity contribution < 1.29 is 9.59 Å². The first-order valence-electron chi connectivity index (χ1n) is 7.88. The molecule has 0 aromatic heterocycles. The number of hydrogen-bond donors (Lipinski definition) is 1. The SMILES string of the molecule is Cc1c(Cl)cccc1C(=O)NN(C(=O)c1ccc(Cl)c(Cl)c1)C(C)(C)C. The first-order chi connectivity index (χ1) is 12.0. The van der Waals surface area contributed by atoms with Crippen LogP contribution < -0.4 is 5.43 Å². The van der Waals surface area contributed by atoms with Gasteiger partial charge in [0.1, 0.15) is 0 Å². The van der Waals surface area contributed by atoms with Gasteiger partial charge in [0, 0.05) is 16.1 Å². The summed E-state index contributed by atoms with van der Waals surface area (Å²) in [5, 5.41) is 2.37. The number of carbonyl (C=O) groups excluding carboxylic acids is 2. The maximum absolute atomic E-state index is 13.0. The summed E-state index contributed by atoms with van der Waals surface area (Å²) < 4.78 is 0. The fraction of sp³-hybridized carbons (Fsp3) is 0.263. The van der Waals surface area contributed by atoms with Gasteiger partial charge in [-0.05, 0) is 63.6 Å². The number of rotatable bonds is 2. The monoisotopic (exact) mass is 412 g/mol. The van der Waals surface area contributed by atoms with Crippen LogP contribution in [0.3, 0.4) is 0 Å². The molecule has 4 nitrogen and oxygen atoms in total. The number of hydrogen-bond acceptors (Lipinski definition) is 2. The number of amides is 2. The molecule has 26 heavy (non-hydrogen) atoms. The first kappa shape index (κ1) is 20.6. The molecule has 0 aliphatic heterocycles. The number of nitrogens with zero attached hydrogens (tertiary/aromatic N) is 1. The minimum Gasteiger partial charge on any atom is -0.267 e. The van der Waals surface area contributed by atoms with Gasteiger partial charge in [0.2, 0.25) is 0 Å². The summed E-state index contributed by atoms with van der Waals surface area (Å²) in [6.07, 6.45) is 0. The lowest BCUT2D eigenvalue weighted by Gasteiger charge is -2.35. The quantitative estimate of drug-likeness (QED) is 0.657. The lowest BCUT2D eigenvalue weighted by atomic mass is 10.1. The predicted molar refractivity (Wildman–Crippen MR) is 106 cm³/mol. The van der Waals surface area contributed by atoms with E-state index < -0.39 is 17.4 Å². The number of nitrogens with one attached hydrogen (secondary N) is 1. The summed E-state index contributed by atoms with van der Waals surface area (Å²) in [5.41, 5.74) is 3.36. The molecule has 2 aromatic carbocycles. The molecular weight excluding hydrogens is 395 g/mol. The predicted octanol–water partition coefficient (Wildman–Crippen LogP) is 5.54. The van der Waals surface area contributed by atoms with E-state index in [0.717, 1.165) is 0 Å². The molecule has 7 heteroatoms. The standard InChI is InChI=1S/C19H19Cl3N2O2/c1-11-13(6-5-7-14(11)20)17(25)23-24(19(2,3)4)18(26)12-8-9-15(21)16(22)10-12/h5-10H,1-4H3,(H,23,25). The first-order valence-corrected chi connectivity index (χ1v) is 9.01. The largest absolute Gasteiger partial charge is 0.272 e. The van der Waals surface area contributed by atoms with E-state index in [2.05, 4.69) is 5.43 Å². The van der Waals surface area contributed by atoms with Crippen LogP contribution in [0, 0.1) is 6.92 Å². The van der Waals surface area contributed by atoms with Crippen LogP contribution in [0.15, 0.2) is 36.4 Å². The van der Waals surface area contributed by atoms with Crippen molar-refractivity contribution >= 4 is 46.6 Å². The highest BCUT2D eigenvalue weighted by Gasteiger charge is 2.30. The summed E-state index contributed by atoms with van der Waals surface area (Å²) in [4.78, 5) is 25.7. The van der Waals surface area contributed by atoms with E-state index in [4.69, 9.17) is 34.8 Å². The summed E-state index contributed by atoms with van der Waals surface area (Å²) in [5.74, 6) is -0.822. The summed E-state index contributed by atoms with van der Waals surface area (Å²) in [6.45, 7) is 7.19. The summed E-state index contributed by atoms with van der Waals surface area (Å²) in [7, 11) is 0. The van der Waals surface area contributed by atoms with Crippen molar-refractivity contribution in [2.75, 3.05) is 0 Å². The molecule has 0 radical (unpaired) electrons. The minimum absolute atomic E-state index is 0.267. The van der Waals surface area contributed by atoms with E-state index in [0.29, 0.717) is 26.7 Å². The molecule has 2 aromatic rings. The topological polar surface area (TPSA) is 49.4 Å². The van der Waals surface area contributed by atoms with Gasteiger partial charge in [0.05, 0.1) is 15.6 Å². The minimum atomic E-state index is -0.675. The Morgan fingerprint density at radius 3 is 2.19 bits per heavy atom. The highest BCUT2D eigenvalue weighted by molar-refractivity contribution is 6.42. The molecule has 2 amide bonds. The van der Waals surface area contributed by atoms with Gasteiger partial charge in [-0.3, -0.25) is 15.0 Å². The number of halogens is 3. The third-order valence-corrected chi connectivity index (χ3v) is 4.91. The molecular formula is C19H19Cl3N2O2. The van der Waals surface area contributed by atoms with Crippen LogP contribution in [0.2, 0.25) is 15.1 Å². The Morgan fingerprint density at radius 2 is 1.62 bits per heavy atom. The molecule has 2 rings (SSSR count). The van der Waals surface area contributed by atoms with Crippen LogP contribution in [-0.2, 0) is 0 Å². The van der Waals surface area contributed by atoms with E-state index in [1.165, 1.54) is 11.1 Å². The Kier molecular flexibility index (Phi) is 6.22. The van der Waals surface area contributed by atoms with Gasteiger partial charge in [-0.1, -0.05) is 40.9 Å². The number of hydrazine groups is 1. The highest BCUT2D eigenvalue weighted by atomic mass is 35.5. The molecule has 0 fully saturated rings. The Labute approximate surface area is 168 Å². The van der Waals surface area contributed by atoms with Crippen LogP contribution in [0.1, 0.15) is 47.1 Å². The lowest BCUT2D eigenvalue weighted by molar-refractivity contribution is 0.0358. The Balaban J connectivity index is 2.36. The third kappa shape index (κ3) is 4.50. The zero-order valence-corrected chi connectivity index (χ0v) is 17.1. The van der Waals surface area contributed by atoms with Gasteiger partial charge in [-0.15, -0.1) is 0 Å². The van der Waals surface area contributed by atoms with Gasteiger partial charge in [0.15, 0.2) is 0 Å². The maximum atomic E-state index is 13.0. The van der Waals surface area contributed by atoms with Gasteiger partial charge in [-0.25, -0.2) is 5.01 Å². The Bertz CT molecular complexity index is 860. The van der Waals surface area contributed by atoms with Gasteiger partial charge in [0.25, 0.3) is 11.8 Å². The maximum Gasteiger partial charge on any atom is 0.272 e. The summed E-state index contributed by atoms with van der Waals surface area (Å²) in [6, 6.07) is 9.62. The second-order valence-corrected chi connectivity index (χ2v) is 8.02. The van der Waals surface area contributed by atoms with Crippen LogP contribution >= 0.6 is 34.8 Å². The smallest absolute Gasteiger partial charge is 0.267 e. The second-order valence-electron chi connectivity index (χ2n) is 6.79. The van der Waals surface area contributed by atoms with Crippen molar-refractivity contribution in [3.8, 4) is 0 Å². The molecule has 0 aliphatic rings. The van der Waals surface area contributed by atoms with E-state index in [-0.39, 0.29) is 5.02 Å². The van der Waals surface area contributed by atoms with Crippen molar-refractivity contribution in [3.05, 3.63) is 68.2 Å². The fourth-order valence-electron chi connectivity index (χ4n) is 2.30. The van der Waals surface area contributed by atoms with Crippen molar-refractivity contribution in [3.63, 3.8) is 0 Å². The molecule has 138 valence electrons. The normalized spacial score (nSPS) is 11.2. The molecule has 0 atom stereocenters. The molecule has 0 saturated carbocycles. The molecule has 0 unspecified atom stereocenters. The Hall–Kier alpha value is -1.75.